The molecule has 0 radical (unpaired) electrons. The average Bonchev–Trinajstić information content (AvgIpc) is 2.37. The predicted molar refractivity (Wildman–Crippen MR) is 69.8 cm³/mol. The van der Waals surface area contributed by atoms with Gasteiger partial charge in [0.05, 0.1) is 12.8 Å². The van der Waals surface area contributed by atoms with Gasteiger partial charge < -0.3 is 10.5 Å². The summed E-state index contributed by atoms with van der Waals surface area (Å²) in [6, 6.07) is 2.26. The van der Waals surface area contributed by atoms with Crippen molar-refractivity contribution in [2.75, 3.05) is 6.61 Å². The molecule has 2 N–H and O–H groups in total. The van der Waals surface area contributed by atoms with Crippen LogP contribution in [0.2, 0.25) is 0 Å². The molecule has 0 aliphatic heterocycles. The Bertz CT molecular complexity index is 401. The smallest absolute Gasteiger partial charge is 0.138 e. The highest BCUT2D eigenvalue weighted by Gasteiger charge is 2.12. The summed E-state index contributed by atoms with van der Waals surface area (Å²) in [7, 11) is 0. The first-order valence-electron chi connectivity index (χ1n) is 6.34. The molecule has 1 aliphatic rings. The number of ether oxygens (including phenoxy) is 1. The molecular weight excluding hydrogens is 212 g/mol. The number of hydrogen-bond acceptors (Lipinski definition) is 3. The van der Waals surface area contributed by atoms with Gasteiger partial charge in [0.15, 0.2) is 0 Å². The lowest BCUT2D eigenvalue weighted by atomic mass is 9.92. The lowest BCUT2D eigenvalue weighted by molar-refractivity contribution is 0.316. The van der Waals surface area contributed by atoms with E-state index in [-0.39, 0.29) is 6.04 Å². The van der Waals surface area contributed by atoms with E-state index in [4.69, 9.17) is 10.5 Å². The summed E-state index contributed by atoms with van der Waals surface area (Å²) in [4.78, 5) is 4.23. The third-order valence-electron chi connectivity index (χ3n) is 2.96. The Kier molecular flexibility index (Phi) is 4.15. The van der Waals surface area contributed by atoms with Gasteiger partial charge in [0.1, 0.15) is 5.75 Å². The van der Waals surface area contributed by atoms with Gasteiger partial charge in [-0.15, -0.1) is 0 Å². The van der Waals surface area contributed by atoms with E-state index in [0.717, 1.165) is 43.6 Å². The van der Waals surface area contributed by atoms with Crippen LogP contribution >= 0.6 is 0 Å². The number of aromatic nitrogens is 1. The second-order valence-electron chi connectivity index (χ2n) is 4.51. The Balaban J connectivity index is 2.15. The summed E-state index contributed by atoms with van der Waals surface area (Å²) >= 11 is 0. The van der Waals surface area contributed by atoms with Crippen LogP contribution in [0.1, 0.15) is 38.2 Å². The monoisotopic (exact) mass is 232 g/mol. The van der Waals surface area contributed by atoms with E-state index in [9.17, 15) is 0 Å². The summed E-state index contributed by atoms with van der Waals surface area (Å²) in [5.74, 6) is 0.851. The maximum atomic E-state index is 5.95. The van der Waals surface area contributed by atoms with Gasteiger partial charge in [0, 0.05) is 12.2 Å². The Morgan fingerprint density at radius 3 is 3.12 bits per heavy atom. The molecule has 0 saturated carbocycles. The highest BCUT2D eigenvalue weighted by molar-refractivity contribution is 5.67. The molecule has 1 unspecified atom stereocenters. The molecule has 0 bridgehead atoms. The van der Waals surface area contributed by atoms with Gasteiger partial charge in [0.2, 0.25) is 0 Å². The Labute approximate surface area is 103 Å². The summed E-state index contributed by atoms with van der Waals surface area (Å²) in [6.45, 7) is 2.84. The van der Waals surface area contributed by atoms with E-state index >= 15 is 0 Å². The summed E-state index contributed by atoms with van der Waals surface area (Å²) in [5, 5.41) is 0. The maximum Gasteiger partial charge on any atom is 0.138 e. The van der Waals surface area contributed by atoms with E-state index in [0.29, 0.717) is 0 Å². The fraction of sp³-hybridized carbons (Fsp3) is 0.500. The van der Waals surface area contributed by atoms with Gasteiger partial charge >= 0.3 is 0 Å². The minimum atomic E-state index is 0.193. The molecule has 92 valence electrons. The average molecular weight is 232 g/mol. The minimum absolute atomic E-state index is 0.193. The summed E-state index contributed by atoms with van der Waals surface area (Å²) in [6.07, 6.45) is 10.2. The summed E-state index contributed by atoms with van der Waals surface area (Å²) in [5.41, 5.74) is 8.40. The van der Waals surface area contributed by atoms with Crippen LogP contribution in [-0.2, 0) is 0 Å². The first-order valence-corrected chi connectivity index (χ1v) is 6.34. The van der Waals surface area contributed by atoms with E-state index in [1.54, 1.807) is 6.20 Å². The number of nitrogens with two attached hydrogens (primary N) is 1. The Hall–Kier alpha value is -1.35. The van der Waals surface area contributed by atoms with Crippen LogP contribution in [0.3, 0.4) is 0 Å². The quantitative estimate of drug-likeness (QED) is 0.868. The van der Waals surface area contributed by atoms with Crippen molar-refractivity contribution in [3.8, 4) is 5.75 Å². The van der Waals surface area contributed by atoms with E-state index in [1.807, 2.05) is 6.20 Å². The van der Waals surface area contributed by atoms with Crippen LogP contribution in [0.25, 0.3) is 5.57 Å². The van der Waals surface area contributed by atoms with Crippen molar-refractivity contribution in [2.45, 2.75) is 38.6 Å². The minimum Gasteiger partial charge on any atom is -0.492 e. The van der Waals surface area contributed by atoms with Crippen molar-refractivity contribution in [3.63, 3.8) is 0 Å². The molecule has 0 aromatic carbocycles. The Morgan fingerprint density at radius 2 is 2.35 bits per heavy atom. The molecule has 0 fully saturated rings. The van der Waals surface area contributed by atoms with Gasteiger partial charge in [0.25, 0.3) is 0 Å². The van der Waals surface area contributed by atoms with Crippen LogP contribution in [0.15, 0.2) is 24.5 Å². The molecule has 1 atom stereocenters. The number of nitrogens with zero attached hydrogens (tertiary/aromatic N) is 1. The molecule has 1 aromatic heterocycles. The van der Waals surface area contributed by atoms with E-state index in [1.165, 1.54) is 5.57 Å². The molecule has 1 aliphatic carbocycles. The molecule has 0 spiro atoms. The molecule has 3 nitrogen and oxygen atoms in total. The largest absolute Gasteiger partial charge is 0.492 e. The topological polar surface area (TPSA) is 48.1 Å². The number of rotatable bonds is 4. The summed E-state index contributed by atoms with van der Waals surface area (Å²) < 4.78 is 5.59. The molecule has 0 amide bonds. The highest BCUT2D eigenvalue weighted by Crippen LogP contribution is 2.27. The highest BCUT2D eigenvalue weighted by atomic mass is 16.5. The third kappa shape index (κ3) is 3.30. The van der Waals surface area contributed by atoms with Crippen LogP contribution in [0, 0.1) is 0 Å². The SMILES string of the molecule is CCCOc1cncc(C2=CC(N)CCC2)c1. The lowest BCUT2D eigenvalue weighted by Gasteiger charge is -2.18. The van der Waals surface area contributed by atoms with Gasteiger partial charge in [-0.3, -0.25) is 4.98 Å². The molecule has 1 aromatic rings. The number of allylic oxidation sites excluding steroid dienone is 1. The van der Waals surface area contributed by atoms with Gasteiger partial charge in [-0.2, -0.15) is 0 Å². The molecule has 1 heterocycles. The zero-order valence-corrected chi connectivity index (χ0v) is 10.4. The van der Waals surface area contributed by atoms with Crippen molar-refractivity contribution in [1.82, 2.24) is 4.98 Å². The lowest BCUT2D eigenvalue weighted by Crippen LogP contribution is -2.20. The first kappa shape index (κ1) is 12.1. The van der Waals surface area contributed by atoms with Gasteiger partial charge in [-0.25, -0.2) is 0 Å². The van der Waals surface area contributed by atoms with E-state index < -0.39 is 0 Å². The van der Waals surface area contributed by atoms with Crippen molar-refractivity contribution >= 4 is 5.57 Å². The van der Waals surface area contributed by atoms with Crippen molar-refractivity contribution in [3.05, 3.63) is 30.1 Å². The van der Waals surface area contributed by atoms with Gasteiger partial charge in [-0.05, 0) is 42.9 Å². The van der Waals surface area contributed by atoms with E-state index in [2.05, 4.69) is 24.1 Å². The van der Waals surface area contributed by atoms with Crippen LogP contribution in [0.5, 0.6) is 5.75 Å². The first-order chi connectivity index (χ1) is 8.29. The second-order valence-corrected chi connectivity index (χ2v) is 4.51. The van der Waals surface area contributed by atoms with Crippen molar-refractivity contribution < 1.29 is 4.74 Å². The molecule has 3 heteroatoms. The van der Waals surface area contributed by atoms with Crippen LogP contribution < -0.4 is 10.5 Å². The number of hydrogen-bond donors (Lipinski definition) is 1. The maximum absolute atomic E-state index is 5.95. The Morgan fingerprint density at radius 1 is 1.47 bits per heavy atom. The van der Waals surface area contributed by atoms with Crippen molar-refractivity contribution in [1.29, 1.82) is 0 Å². The molecular formula is C14H20N2O. The third-order valence-corrected chi connectivity index (χ3v) is 2.96. The predicted octanol–water partition coefficient (Wildman–Crippen LogP) is 2.77. The molecule has 0 saturated heterocycles. The zero-order chi connectivity index (χ0) is 12.1. The fourth-order valence-corrected chi connectivity index (χ4v) is 2.09. The zero-order valence-electron chi connectivity index (χ0n) is 10.4. The van der Waals surface area contributed by atoms with Gasteiger partial charge in [-0.1, -0.05) is 13.0 Å². The molecule has 2 rings (SSSR count). The fourth-order valence-electron chi connectivity index (χ4n) is 2.09. The van der Waals surface area contributed by atoms with Crippen LogP contribution in [-0.4, -0.2) is 17.6 Å². The second kappa shape index (κ2) is 5.82. The normalized spacial score (nSPS) is 19.9. The number of pyridine rings is 1. The van der Waals surface area contributed by atoms with Crippen LogP contribution in [0.4, 0.5) is 0 Å². The van der Waals surface area contributed by atoms with Crippen molar-refractivity contribution in [2.24, 2.45) is 5.73 Å². The standard InChI is InChI=1S/C14H20N2O/c1-2-6-17-14-8-12(9-16-10-14)11-4-3-5-13(15)7-11/h7-10,13H,2-6,15H2,1H3. The molecule has 17 heavy (non-hydrogen) atoms.